The van der Waals surface area contributed by atoms with Crippen LogP contribution in [0, 0.1) is 0 Å². The number of hydrogen-bond donors (Lipinski definition) is 1. The lowest BCUT2D eigenvalue weighted by Gasteiger charge is -2.18. The van der Waals surface area contributed by atoms with E-state index in [1.807, 2.05) is 0 Å². The maximum atomic E-state index is 2.23. The van der Waals surface area contributed by atoms with Crippen molar-refractivity contribution in [1.29, 1.82) is 0 Å². The van der Waals surface area contributed by atoms with Gasteiger partial charge in [-0.05, 0) is 47.7 Å². The smallest absolute Gasteiger partial charge is 0.0134 e. The summed E-state index contributed by atoms with van der Waals surface area (Å²) in [7, 11) is -0.892. The van der Waals surface area contributed by atoms with Gasteiger partial charge in [0.05, 0.1) is 0 Å². The molecule has 0 bridgehead atoms. The van der Waals surface area contributed by atoms with Gasteiger partial charge >= 0.3 is 0 Å². The largest absolute Gasteiger partial charge is 0.344 e. The van der Waals surface area contributed by atoms with Crippen LogP contribution in [0.25, 0.3) is 0 Å². The van der Waals surface area contributed by atoms with Crippen molar-refractivity contribution in [3.8, 4) is 0 Å². The van der Waals surface area contributed by atoms with Crippen LogP contribution in [0.1, 0.15) is 0 Å². The van der Waals surface area contributed by atoms with Crippen LogP contribution in [0.3, 0.4) is 0 Å². The third-order valence-electron chi connectivity index (χ3n) is 6.09. The molecular weight excluding hydrogens is 527 g/mol. The van der Waals surface area contributed by atoms with E-state index in [-0.39, 0.29) is 10.9 Å². The van der Waals surface area contributed by atoms with Crippen LogP contribution in [0.5, 0.6) is 0 Å². The molecule has 0 aliphatic carbocycles. The quantitative estimate of drug-likeness (QED) is 0.215. The van der Waals surface area contributed by atoms with Gasteiger partial charge in [-0.1, -0.05) is 182 Å². The highest BCUT2D eigenvalue weighted by Gasteiger charge is 2.16. The zero-order valence-corrected chi connectivity index (χ0v) is 24.1. The van der Waals surface area contributed by atoms with E-state index in [9.17, 15) is 0 Å². The Morgan fingerprint density at radius 1 is 0.225 bits per heavy atom. The van der Waals surface area contributed by atoms with Crippen molar-refractivity contribution in [3.63, 3.8) is 0 Å². The molecule has 0 heterocycles. The Hall–Kier alpha value is -3.93. The monoisotopic (exact) mass is 561 g/mol. The zero-order chi connectivity index (χ0) is 25.8. The van der Waals surface area contributed by atoms with Crippen LogP contribution in [0.15, 0.2) is 182 Å². The van der Waals surface area contributed by atoms with Crippen LogP contribution < -0.4 is 38.0 Å². The van der Waals surface area contributed by atoms with Crippen molar-refractivity contribution in [2.24, 2.45) is 0 Å². The summed E-state index contributed by atoms with van der Waals surface area (Å²) in [5.74, 6) is 0. The first-order valence-electron chi connectivity index (χ1n) is 12.8. The Balaban J connectivity index is 0.000000210. The van der Waals surface area contributed by atoms with E-state index in [0.717, 1.165) is 0 Å². The van der Waals surface area contributed by atoms with Crippen molar-refractivity contribution in [3.05, 3.63) is 182 Å². The molecule has 0 fully saturated rings. The van der Waals surface area contributed by atoms with Crippen LogP contribution in [-0.2, 0) is 0 Å². The van der Waals surface area contributed by atoms with Gasteiger partial charge in [0.15, 0.2) is 0 Å². The Kier molecular flexibility index (Phi) is 12.4. The predicted octanol–water partition coefficient (Wildman–Crippen LogP) is 7.20. The first kappa shape index (κ1) is 30.6. The molecule has 0 saturated carbocycles. The second-order valence-electron chi connectivity index (χ2n) is 8.68. The molecule has 0 radical (unpaired) electrons. The summed E-state index contributed by atoms with van der Waals surface area (Å²) >= 11 is 0. The highest BCUT2D eigenvalue weighted by atomic mass is 31.1. The van der Waals surface area contributed by atoms with E-state index in [1.54, 1.807) is 0 Å². The van der Waals surface area contributed by atoms with Crippen molar-refractivity contribution in [2.75, 3.05) is 0 Å². The summed E-state index contributed by atoms with van der Waals surface area (Å²) in [6.45, 7) is 0. The first-order valence-corrected chi connectivity index (χ1v) is 15.5. The maximum Gasteiger partial charge on any atom is -0.0134 e. The number of halogens is 1. The minimum Gasteiger partial charge on any atom is -0.344 e. The molecule has 40 heavy (non-hydrogen) atoms. The van der Waals surface area contributed by atoms with Crippen molar-refractivity contribution in [2.45, 2.75) is 0 Å². The number of hydrogen-bond acceptors (Lipinski definition) is 1. The summed E-state index contributed by atoms with van der Waals surface area (Å²) in [5.41, 5.74) is 0. The molecule has 6 rings (SSSR count). The van der Waals surface area contributed by atoms with Crippen LogP contribution in [0.2, 0.25) is 0 Å². The minimum absolute atomic E-state index is 0. The van der Waals surface area contributed by atoms with E-state index < -0.39 is 15.8 Å². The molecule has 4 heteroatoms. The second kappa shape index (κ2) is 16.2. The topological polar surface area (TPSA) is 35.0 Å². The molecule has 0 aliphatic rings. The number of rotatable bonds is 6. The average molecular weight is 562 g/mol. The molecule has 3 N–H and O–H groups in total. The standard InChI is InChI=1S/2C18H15P.FH.H3N/c2*1-4-10-16(11-5-1)19(17-12-6-2-7-13-17)18-14-8-3-9-15-18;;/h2*1-15H;1H;1H3. The highest BCUT2D eigenvalue weighted by molar-refractivity contribution is 7.80. The first-order chi connectivity index (χ1) is 18.9. The van der Waals surface area contributed by atoms with Gasteiger partial charge in [-0.25, -0.2) is 0 Å². The fourth-order valence-corrected chi connectivity index (χ4v) is 8.97. The van der Waals surface area contributed by atoms with Crippen molar-refractivity contribution < 1.29 is 4.70 Å². The molecule has 6 aromatic carbocycles. The normalized spacial score (nSPS) is 10.1. The lowest BCUT2D eigenvalue weighted by atomic mass is 10.4. The van der Waals surface area contributed by atoms with Gasteiger partial charge in [0.25, 0.3) is 0 Å². The fourth-order valence-electron chi connectivity index (χ4n) is 4.36. The van der Waals surface area contributed by atoms with Crippen molar-refractivity contribution >= 4 is 47.7 Å². The lowest BCUT2D eigenvalue weighted by molar-refractivity contribution is 1.11. The second-order valence-corrected chi connectivity index (χ2v) is 13.1. The van der Waals surface area contributed by atoms with Gasteiger partial charge in [-0.2, -0.15) is 0 Å². The molecule has 0 spiro atoms. The Labute approximate surface area is 240 Å². The Morgan fingerprint density at radius 3 is 0.475 bits per heavy atom. The predicted molar refractivity (Wildman–Crippen MR) is 178 cm³/mol. The summed E-state index contributed by atoms with van der Waals surface area (Å²) in [5, 5.41) is 8.39. The summed E-state index contributed by atoms with van der Waals surface area (Å²) in [6, 6.07) is 64.7. The third kappa shape index (κ3) is 8.04. The van der Waals surface area contributed by atoms with E-state index >= 15 is 0 Å². The molecule has 200 valence electrons. The maximum absolute atomic E-state index is 2.23. The molecule has 0 amide bonds. The highest BCUT2D eigenvalue weighted by Crippen LogP contribution is 2.33. The molecule has 0 aromatic heterocycles. The van der Waals surface area contributed by atoms with Gasteiger partial charge in [0.1, 0.15) is 0 Å². The van der Waals surface area contributed by atoms with Gasteiger partial charge in [-0.15, -0.1) is 0 Å². The molecule has 0 unspecified atom stereocenters. The summed E-state index contributed by atoms with van der Waals surface area (Å²) in [4.78, 5) is 0. The zero-order valence-electron chi connectivity index (χ0n) is 22.3. The van der Waals surface area contributed by atoms with Gasteiger partial charge in [0.2, 0.25) is 0 Å². The SMILES string of the molecule is F.N.c1ccc(P(c2ccccc2)c2ccccc2)cc1.c1ccc(P(c2ccccc2)c2ccccc2)cc1. The minimum atomic E-state index is -0.446. The molecular formula is C36H34FNP2. The molecule has 0 saturated heterocycles. The van der Waals surface area contributed by atoms with Gasteiger partial charge < -0.3 is 6.15 Å². The van der Waals surface area contributed by atoms with E-state index in [1.165, 1.54) is 31.8 Å². The van der Waals surface area contributed by atoms with E-state index in [2.05, 4.69) is 182 Å². The van der Waals surface area contributed by atoms with E-state index in [0.29, 0.717) is 0 Å². The molecule has 6 aromatic rings. The van der Waals surface area contributed by atoms with Crippen LogP contribution in [0.4, 0.5) is 4.70 Å². The molecule has 1 nitrogen and oxygen atoms in total. The Bertz CT molecular complexity index is 1180. The Morgan fingerprint density at radius 2 is 0.350 bits per heavy atom. The van der Waals surface area contributed by atoms with E-state index in [4.69, 9.17) is 0 Å². The summed E-state index contributed by atoms with van der Waals surface area (Å²) < 4.78 is 0. The van der Waals surface area contributed by atoms with Crippen molar-refractivity contribution in [1.82, 2.24) is 6.15 Å². The fraction of sp³-hybridized carbons (Fsp3) is 0. The van der Waals surface area contributed by atoms with Crippen LogP contribution >= 0.6 is 15.8 Å². The third-order valence-corrected chi connectivity index (χ3v) is 11.0. The number of benzene rings is 6. The lowest BCUT2D eigenvalue weighted by Crippen LogP contribution is -2.20. The molecule has 0 atom stereocenters. The summed E-state index contributed by atoms with van der Waals surface area (Å²) in [6.07, 6.45) is 0. The van der Waals surface area contributed by atoms with Gasteiger partial charge in [-0.3, -0.25) is 4.70 Å². The van der Waals surface area contributed by atoms with Gasteiger partial charge in [0, 0.05) is 0 Å². The molecule has 0 aliphatic heterocycles. The van der Waals surface area contributed by atoms with Crippen LogP contribution in [-0.4, -0.2) is 0 Å². The average Bonchev–Trinajstić information content (AvgIpc) is 3.01.